The first-order valence-corrected chi connectivity index (χ1v) is 10.4. The zero-order valence-corrected chi connectivity index (χ0v) is 17.9. The fraction of sp³-hybridized carbons (Fsp3) is 0.231. The van der Waals surface area contributed by atoms with Gasteiger partial charge in [0.2, 0.25) is 5.91 Å². The Morgan fingerprint density at radius 2 is 1.39 bits per heavy atom. The smallest absolute Gasteiger partial charge is 0.274 e. The predicted molar refractivity (Wildman–Crippen MR) is 122 cm³/mol. The monoisotopic (exact) mass is 416 g/mol. The molecule has 3 aromatic carbocycles. The summed E-state index contributed by atoms with van der Waals surface area (Å²) in [4.78, 5) is 30.2. The molecule has 0 fully saturated rings. The molecule has 160 valence electrons. The maximum absolute atomic E-state index is 12.7. The Morgan fingerprint density at radius 3 is 2.00 bits per heavy atom. The number of amides is 2. The van der Waals surface area contributed by atoms with E-state index in [0.717, 1.165) is 18.4 Å². The van der Waals surface area contributed by atoms with E-state index in [1.165, 1.54) is 5.56 Å². The third-order valence-electron chi connectivity index (χ3n) is 5.15. The second-order valence-corrected chi connectivity index (χ2v) is 8.11. The van der Waals surface area contributed by atoms with Crippen molar-refractivity contribution in [1.82, 2.24) is 5.48 Å². The standard InChI is InChI=1S/C26H28N2O3/c1-26(2,18-17-20-9-5-3-6-10-20)25(30)27-23-15-13-22(14-16-23)24(29)28-31-19-21-11-7-4-8-12-21/h3-16H,17-19H2,1-2H3,(H,27,30)(H,28,29). The van der Waals surface area contributed by atoms with Crippen molar-refractivity contribution in [3.8, 4) is 0 Å². The van der Waals surface area contributed by atoms with Gasteiger partial charge in [-0.05, 0) is 48.2 Å². The number of benzene rings is 3. The molecule has 0 aliphatic carbocycles. The summed E-state index contributed by atoms with van der Waals surface area (Å²) in [6, 6.07) is 26.5. The van der Waals surface area contributed by atoms with Crippen LogP contribution in [-0.2, 0) is 22.7 Å². The number of anilines is 1. The molecule has 31 heavy (non-hydrogen) atoms. The second-order valence-electron chi connectivity index (χ2n) is 8.11. The van der Waals surface area contributed by atoms with Crippen molar-refractivity contribution in [2.45, 2.75) is 33.3 Å². The number of carbonyl (C=O) groups is 2. The van der Waals surface area contributed by atoms with Gasteiger partial charge in [-0.2, -0.15) is 0 Å². The Hall–Kier alpha value is -3.44. The average molecular weight is 417 g/mol. The highest BCUT2D eigenvalue weighted by Crippen LogP contribution is 2.25. The van der Waals surface area contributed by atoms with Crippen molar-refractivity contribution in [3.05, 3.63) is 102 Å². The van der Waals surface area contributed by atoms with Crippen molar-refractivity contribution in [2.24, 2.45) is 5.41 Å². The van der Waals surface area contributed by atoms with E-state index in [2.05, 4.69) is 22.9 Å². The molecular weight excluding hydrogens is 388 g/mol. The highest BCUT2D eigenvalue weighted by atomic mass is 16.6. The molecule has 0 heterocycles. The van der Waals surface area contributed by atoms with Crippen molar-refractivity contribution < 1.29 is 14.4 Å². The summed E-state index contributed by atoms with van der Waals surface area (Å²) in [6.07, 6.45) is 1.57. The van der Waals surface area contributed by atoms with Crippen molar-refractivity contribution in [2.75, 3.05) is 5.32 Å². The molecule has 2 amide bonds. The maximum Gasteiger partial charge on any atom is 0.274 e. The average Bonchev–Trinajstić information content (AvgIpc) is 2.79. The molecule has 0 bridgehead atoms. The van der Waals surface area contributed by atoms with Gasteiger partial charge in [-0.25, -0.2) is 5.48 Å². The molecule has 0 unspecified atom stereocenters. The van der Waals surface area contributed by atoms with Gasteiger partial charge in [0, 0.05) is 16.7 Å². The topological polar surface area (TPSA) is 67.4 Å². The van der Waals surface area contributed by atoms with Crippen LogP contribution in [0.25, 0.3) is 0 Å². The molecule has 3 rings (SSSR count). The van der Waals surface area contributed by atoms with Crippen molar-refractivity contribution in [1.29, 1.82) is 0 Å². The molecule has 5 heteroatoms. The highest BCUT2D eigenvalue weighted by molar-refractivity contribution is 5.96. The number of hydroxylamine groups is 1. The number of hydrogen-bond acceptors (Lipinski definition) is 3. The number of hydrogen-bond donors (Lipinski definition) is 2. The Morgan fingerprint density at radius 1 is 0.806 bits per heavy atom. The molecule has 0 radical (unpaired) electrons. The fourth-order valence-electron chi connectivity index (χ4n) is 3.04. The van der Waals surface area contributed by atoms with Gasteiger partial charge in [-0.1, -0.05) is 74.5 Å². The van der Waals surface area contributed by atoms with E-state index in [1.807, 2.05) is 62.4 Å². The lowest BCUT2D eigenvalue weighted by atomic mass is 9.85. The van der Waals surface area contributed by atoms with Crippen LogP contribution in [0.3, 0.4) is 0 Å². The van der Waals surface area contributed by atoms with E-state index in [0.29, 0.717) is 17.9 Å². The quantitative estimate of drug-likeness (QED) is 0.474. The molecule has 0 saturated carbocycles. The minimum Gasteiger partial charge on any atom is -0.326 e. The van der Waals surface area contributed by atoms with Gasteiger partial charge in [-0.3, -0.25) is 14.4 Å². The van der Waals surface area contributed by atoms with Crippen LogP contribution in [0.15, 0.2) is 84.9 Å². The Kier molecular flexibility index (Phi) is 7.57. The van der Waals surface area contributed by atoms with E-state index in [9.17, 15) is 9.59 Å². The van der Waals surface area contributed by atoms with Gasteiger partial charge >= 0.3 is 0 Å². The zero-order valence-electron chi connectivity index (χ0n) is 17.9. The van der Waals surface area contributed by atoms with Crippen LogP contribution in [0.1, 0.15) is 41.8 Å². The molecular formula is C26H28N2O3. The Balaban J connectivity index is 1.48. The van der Waals surface area contributed by atoms with E-state index in [1.54, 1.807) is 24.3 Å². The lowest BCUT2D eigenvalue weighted by molar-refractivity contribution is -0.124. The summed E-state index contributed by atoms with van der Waals surface area (Å²) in [7, 11) is 0. The first-order valence-electron chi connectivity index (χ1n) is 10.4. The molecule has 0 aromatic heterocycles. The van der Waals surface area contributed by atoms with E-state index >= 15 is 0 Å². The van der Waals surface area contributed by atoms with Crippen molar-refractivity contribution >= 4 is 17.5 Å². The van der Waals surface area contributed by atoms with E-state index in [-0.39, 0.29) is 11.8 Å². The summed E-state index contributed by atoms with van der Waals surface area (Å²) in [5.41, 5.74) is 5.21. The Bertz CT molecular complexity index is 984. The minimum absolute atomic E-state index is 0.0492. The van der Waals surface area contributed by atoms with Gasteiger partial charge in [0.15, 0.2) is 0 Å². The molecule has 5 nitrogen and oxygen atoms in total. The van der Waals surface area contributed by atoms with Crippen LogP contribution in [0.4, 0.5) is 5.69 Å². The SMILES string of the molecule is CC(C)(CCc1ccccc1)C(=O)Nc1ccc(C(=O)NOCc2ccccc2)cc1. The zero-order chi connectivity index (χ0) is 22.1. The number of nitrogens with one attached hydrogen (secondary N) is 2. The highest BCUT2D eigenvalue weighted by Gasteiger charge is 2.27. The molecule has 0 spiro atoms. The van der Waals surface area contributed by atoms with E-state index < -0.39 is 5.41 Å². The maximum atomic E-state index is 12.7. The predicted octanol–water partition coefficient (Wildman–Crippen LogP) is 5.15. The van der Waals surface area contributed by atoms with Gasteiger partial charge in [0.05, 0.1) is 6.61 Å². The summed E-state index contributed by atoms with van der Waals surface area (Å²) < 4.78 is 0. The van der Waals surface area contributed by atoms with Crippen LogP contribution in [0, 0.1) is 5.41 Å². The fourth-order valence-corrected chi connectivity index (χ4v) is 3.04. The largest absolute Gasteiger partial charge is 0.326 e. The lowest BCUT2D eigenvalue weighted by Gasteiger charge is -2.23. The first kappa shape index (κ1) is 22.2. The summed E-state index contributed by atoms with van der Waals surface area (Å²) in [5.74, 6) is -0.385. The normalized spacial score (nSPS) is 11.0. The van der Waals surface area contributed by atoms with Crippen LogP contribution in [0.2, 0.25) is 0 Å². The second kappa shape index (κ2) is 10.5. The summed E-state index contributed by atoms with van der Waals surface area (Å²) >= 11 is 0. The number of carbonyl (C=O) groups excluding carboxylic acids is 2. The molecule has 3 aromatic rings. The van der Waals surface area contributed by atoms with Crippen LogP contribution < -0.4 is 10.8 Å². The number of aryl methyl sites for hydroxylation is 1. The van der Waals surface area contributed by atoms with Crippen LogP contribution >= 0.6 is 0 Å². The summed E-state index contributed by atoms with van der Waals surface area (Å²) in [5, 5.41) is 2.95. The van der Waals surface area contributed by atoms with Gasteiger partial charge in [-0.15, -0.1) is 0 Å². The third kappa shape index (κ3) is 6.79. The molecule has 0 aliphatic rings. The van der Waals surface area contributed by atoms with Gasteiger partial charge < -0.3 is 5.32 Å². The molecule has 0 atom stereocenters. The van der Waals surface area contributed by atoms with Gasteiger partial charge in [0.25, 0.3) is 5.91 Å². The van der Waals surface area contributed by atoms with E-state index in [4.69, 9.17) is 4.84 Å². The van der Waals surface area contributed by atoms with Gasteiger partial charge in [0.1, 0.15) is 0 Å². The van der Waals surface area contributed by atoms with Crippen LogP contribution in [0.5, 0.6) is 0 Å². The Labute approximate surface area is 183 Å². The lowest BCUT2D eigenvalue weighted by Crippen LogP contribution is -2.31. The molecule has 0 saturated heterocycles. The summed E-state index contributed by atoms with van der Waals surface area (Å²) in [6.45, 7) is 4.17. The molecule has 2 N–H and O–H groups in total. The first-order chi connectivity index (χ1) is 14.9. The number of rotatable bonds is 9. The third-order valence-corrected chi connectivity index (χ3v) is 5.15. The van der Waals surface area contributed by atoms with Crippen molar-refractivity contribution in [3.63, 3.8) is 0 Å². The minimum atomic E-state index is -0.517. The molecule has 0 aliphatic heterocycles. The van der Waals surface area contributed by atoms with Crippen LogP contribution in [-0.4, -0.2) is 11.8 Å².